The van der Waals surface area contributed by atoms with E-state index in [0.29, 0.717) is 16.9 Å². The Hall–Kier alpha value is -2.40. The predicted octanol–water partition coefficient (Wildman–Crippen LogP) is 4.37. The van der Waals surface area contributed by atoms with Gasteiger partial charge >= 0.3 is 0 Å². The molecule has 0 aliphatic carbocycles. The second-order valence-corrected chi connectivity index (χ2v) is 6.27. The second kappa shape index (κ2) is 6.01. The molecule has 1 aromatic heterocycles. The van der Waals surface area contributed by atoms with Gasteiger partial charge in [-0.05, 0) is 43.7 Å². The van der Waals surface area contributed by atoms with E-state index in [9.17, 15) is 9.59 Å². The third-order valence-electron chi connectivity index (χ3n) is 3.74. The van der Waals surface area contributed by atoms with Crippen LogP contribution in [0.2, 0.25) is 0 Å². The summed E-state index contributed by atoms with van der Waals surface area (Å²) >= 11 is 3.41. The van der Waals surface area contributed by atoms with E-state index in [1.165, 1.54) is 0 Å². The molecule has 23 heavy (non-hydrogen) atoms. The van der Waals surface area contributed by atoms with Crippen molar-refractivity contribution in [3.63, 3.8) is 0 Å². The van der Waals surface area contributed by atoms with E-state index in [1.54, 1.807) is 13.0 Å². The van der Waals surface area contributed by atoms with Gasteiger partial charge in [-0.3, -0.25) is 9.59 Å². The van der Waals surface area contributed by atoms with Crippen LogP contribution in [-0.2, 0) is 4.79 Å². The van der Waals surface area contributed by atoms with Crippen molar-refractivity contribution in [1.29, 1.82) is 0 Å². The smallest absolute Gasteiger partial charge is 0.296 e. The Kier molecular flexibility index (Phi) is 4.05. The summed E-state index contributed by atoms with van der Waals surface area (Å²) in [5.74, 6) is -1.18. The van der Waals surface area contributed by atoms with E-state index in [1.807, 2.05) is 43.3 Å². The number of ketones is 1. The highest BCUT2D eigenvalue weighted by Crippen LogP contribution is 2.24. The van der Waals surface area contributed by atoms with Crippen molar-refractivity contribution in [1.82, 2.24) is 4.98 Å². The molecule has 4 nitrogen and oxygen atoms in total. The largest absolute Gasteiger partial charge is 0.358 e. The number of Topliss-reactive ketones (excluding diaryl/α,β-unsaturated/α-hetero) is 1. The lowest BCUT2D eigenvalue weighted by Gasteiger charge is -2.07. The van der Waals surface area contributed by atoms with E-state index in [2.05, 4.69) is 26.2 Å². The highest BCUT2D eigenvalue weighted by atomic mass is 79.9. The first-order valence-electron chi connectivity index (χ1n) is 7.16. The minimum absolute atomic E-state index is 0.423. The zero-order valence-electron chi connectivity index (χ0n) is 12.7. The second-order valence-electron chi connectivity index (χ2n) is 5.42. The Bertz CT molecular complexity index is 928. The predicted molar refractivity (Wildman–Crippen MR) is 94.9 cm³/mol. The molecule has 0 saturated carbocycles. The number of benzene rings is 2. The van der Waals surface area contributed by atoms with Crippen LogP contribution >= 0.6 is 15.9 Å². The molecule has 5 heteroatoms. The molecule has 0 saturated heterocycles. The molecule has 1 amide bonds. The third kappa shape index (κ3) is 2.92. The molecular formula is C18H15BrN2O2. The zero-order chi connectivity index (χ0) is 16.6. The molecule has 0 atom stereocenters. The Morgan fingerprint density at radius 3 is 2.57 bits per heavy atom. The van der Waals surface area contributed by atoms with Crippen molar-refractivity contribution in [2.24, 2.45) is 0 Å². The quantitative estimate of drug-likeness (QED) is 0.531. The summed E-state index contributed by atoms with van der Waals surface area (Å²) in [5, 5.41) is 3.43. The third-order valence-corrected chi connectivity index (χ3v) is 4.63. The van der Waals surface area contributed by atoms with Gasteiger partial charge in [0.25, 0.3) is 11.7 Å². The highest BCUT2D eigenvalue weighted by Gasteiger charge is 2.22. The van der Waals surface area contributed by atoms with Gasteiger partial charge in [0.2, 0.25) is 0 Å². The van der Waals surface area contributed by atoms with Crippen LogP contribution in [0.1, 0.15) is 21.6 Å². The van der Waals surface area contributed by atoms with Crippen LogP contribution in [-0.4, -0.2) is 16.7 Å². The maximum atomic E-state index is 12.6. The molecule has 0 radical (unpaired) electrons. The number of para-hydroxylation sites is 1. The van der Waals surface area contributed by atoms with Crippen molar-refractivity contribution in [2.75, 3.05) is 5.32 Å². The van der Waals surface area contributed by atoms with Crippen LogP contribution in [0.15, 0.2) is 46.9 Å². The van der Waals surface area contributed by atoms with E-state index in [-0.39, 0.29) is 0 Å². The van der Waals surface area contributed by atoms with Gasteiger partial charge in [-0.25, -0.2) is 0 Å². The number of carbonyl (C=O) groups is 2. The highest BCUT2D eigenvalue weighted by molar-refractivity contribution is 9.10. The molecule has 0 aliphatic rings. The minimum atomic E-state index is -0.639. The molecule has 0 fully saturated rings. The normalized spacial score (nSPS) is 10.7. The fraction of sp³-hybridized carbons (Fsp3) is 0.111. The number of aryl methyl sites for hydroxylation is 2. The van der Waals surface area contributed by atoms with Crippen LogP contribution in [0, 0.1) is 13.8 Å². The van der Waals surface area contributed by atoms with Crippen LogP contribution in [0.3, 0.4) is 0 Å². The summed E-state index contributed by atoms with van der Waals surface area (Å²) in [7, 11) is 0. The summed E-state index contributed by atoms with van der Waals surface area (Å²) in [6.45, 7) is 3.72. The van der Waals surface area contributed by atoms with Crippen LogP contribution in [0.5, 0.6) is 0 Å². The van der Waals surface area contributed by atoms with Gasteiger partial charge in [-0.15, -0.1) is 0 Å². The molecule has 3 aromatic rings. The van der Waals surface area contributed by atoms with Crippen LogP contribution < -0.4 is 5.32 Å². The summed E-state index contributed by atoms with van der Waals surface area (Å²) in [6.07, 6.45) is 0. The van der Waals surface area contributed by atoms with Gasteiger partial charge in [-0.1, -0.05) is 34.1 Å². The van der Waals surface area contributed by atoms with Gasteiger partial charge < -0.3 is 10.3 Å². The Balaban J connectivity index is 1.91. The first kappa shape index (κ1) is 15.5. The lowest BCUT2D eigenvalue weighted by atomic mass is 10.1. The molecule has 0 aliphatic heterocycles. The molecule has 0 spiro atoms. The number of aromatic amines is 1. The first-order chi connectivity index (χ1) is 11.0. The fourth-order valence-electron chi connectivity index (χ4n) is 2.59. The molecule has 3 rings (SSSR count). The number of halogens is 1. The maximum Gasteiger partial charge on any atom is 0.296 e. The Labute approximate surface area is 142 Å². The fourth-order valence-corrected chi connectivity index (χ4v) is 2.84. The molecular weight excluding hydrogens is 356 g/mol. The number of anilines is 1. The SMILES string of the molecule is Cc1cc(NC(=O)C(=O)c2c(C)[nH]c3ccccc23)ccc1Br. The minimum Gasteiger partial charge on any atom is -0.358 e. The topological polar surface area (TPSA) is 62.0 Å². The molecule has 116 valence electrons. The molecule has 0 bridgehead atoms. The van der Waals surface area contributed by atoms with Crippen molar-refractivity contribution in [3.05, 3.63) is 63.8 Å². The number of nitrogens with one attached hydrogen (secondary N) is 2. The summed E-state index contributed by atoms with van der Waals surface area (Å²) in [4.78, 5) is 28.0. The number of aromatic nitrogens is 1. The van der Waals surface area contributed by atoms with Crippen molar-refractivity contribution >= 4 is 44.2 Å². The van der Waals surface area contributed by atoms with Crippen LogP contribution in [0.4, 0.5) is 5.69 Å². The number of H-pyrrole nitrogens is 1. The number of carbonyl (C=O) groups excluding carboxylic acids is 2. The standard InChI is InChI=1S/C18H15BrN2O2/c1-10-9-12(7-8-14(10)19)21-18(23)17(22)16-11(2)20-15-6-4-3-5-13(15)16/h3-9,20H,1-2H3,(H,21,23). The van der Waals surface area contributed by atoms with Crippen LogP contribution in [0.25, 0.3) is 10.9 Å². The first-order valence-corrected chi connectivity index (χ1v) is 7.96. The monoisotopic (exact) mass is 370 g/mol. The average molecular weight is 371 g/mol. The van der Waals surface area contributed by atoms with E-state index < -0.39 is 11.7 Å². The summed E-state index contributed by atoms with van der Waals surface area (Å²) in [6, 6.07) is 12.9. The van der Waals surface area contributed by atoms with E-state index >= 15 is 0 Å². The average Bonchev–Trinajstić information content (AvgIpc) is 2.86. The molecule has 1 heterocycles. The van der Waals surface area contributed by atoms with Gasteiger partial charge in [-0.2, -0.15) is 0 Å². The van der Waals surface area contributed by atoms with Crippen molar-refractivity contribution in [3.8, 4) is 0 Å². The van der Waals surface area contributed by atoms with Crippen molar-refractivity contribution < 1.29 is 9.59 Å². The Morgan fingerprint density at radius 2 is 1.83 bits per heavy atom. The summed E-state index contributed by atoms with van der Waals surface area (Å²) < 4.78 is 0.953. The van der Waals surface area contributed by atoms with Crippen molar-refractivity contribution in [2.45, 2.75) is 13.8 Å². The zero-order valence-corrected chi connectivity index (χ0v) is 14.3. The number of rotatable bonds is 3. The number of hydrogen-bond acceptors (Lipinski definition) is 2. The molecule has 2 aromatic carbocycles. The Morgan fingerprint density at radius 1 is 1.09 bits per heavy atom. The van der Waals surface area contributed by atoms with Gasteiger partial charge in [0, 0.05) is 26.8 Å². The maximum absolute atomic E-state index is 12.6. The lowest BCUT2D eigenvalue weighted by molar-refractivity contribution is -0.112. The number of amides is 1. The molecule has 2 N–H and O–H groups in total. The summed E-state index contributed by atoms with van der Waals surface area (Å²) in [5.41, 5.74) is 3.55. The number of hydrogen-bond donors (Lipinski definition) is 2. The van der Waals surface area contributed by atoms with E-state index in [4.69, 9.17) is 0 Å². The lowest BCUT2D eigenvalue weighted by Crippen LogP contribution is -2.23. The molecule has 0 unspecified atom stereocenters. The van der Waals surface area contributed by atoms with Gasteiger partial charge in [0.1, 0.15) is 0 Å². The van der Waals surface area contributed by atoms with E-state index in [0.717, 1.165) is 20.9 Å². The number of fused-ring (bicyclic) bond motifs is 1. The van der Waals surface area contributed by atoms with Gasteiger partial charge in [0.15, 0.2) is 0 Å². The van der Waals surface area contributed by atoms with Gasteiger partial charge in [0.05, 0.1) is 5.56 Å².